The highest BCUT2D eigenvalue weighted by atomic mass is 19.3. The fraction of sp³-hybridized carbons (Fsp3) is 0.609. The number of piperazine rings is 1. The average Bonchev–Trinajstić information content (AvgIpc) is 3.25. The molecule has 2 aliphatic heterocycles. The van der Waals surface area contributed by atoms with Crippen molar-refractivity contribution in [1.82, 2.24) is 19.6 Å². The zero-order chi connectivity index (χ0) is 21.8. The Hall–Kier alpha value is -2.03. The summed E-state index contributed by atoms with van der Waals surface area (Å²) in [6.07, 6.45) is -2.45. The van der Waals surface area contributed by atoms with Crippen LogP contribution in [0.1, 0.15) is 37.4 Å². The predicted molar refractivity (Wildman–Crippen MR) is 119 cm³/mol. The van der Waals surface area contributed by atoms with E-state index in [0.29, 0.717) is 0 Å². The Balaban J connectivity index is 1.39. The van der Waals surface area contributed by atoms with E-state index in [-0.39, 0.29) is 11.5 Å². The van der Waals surface area contributed by atoms with Gasteiger partial charge in [0.15, 0.2) is 5.82 Å². The van der Waals surface area contributed by atoms with E-state index >= 15 is 0 Å². The molecule has 2 fully saturated rings. The zero-order valence-corrected chi connectivity index (χ0v) is 18.5. The molecule has 0 unspecified atom stereocenters. The molecule has 2 aromatic rings. The zero-order valence-electron chi connectivity index (χ0n) is 18.5. The van der Waals surface area contributed by atoms with Gasteiger partial charge in [0, 0.05) is 69.7 Å². The first-order chi connectivity index (χ1) is 15.0. The SMILES string of the molecule is CC(C)c1cc(N2CCN(CCN3CCOCC3)CC2)nn1-c1ccc(C(F)F)cc1. The number of nitrogens with zero attached hydrogens (tertiary/aromatic N) is 5. The van der Waals surface area contributed by atoms with Crippen molar-refractivity contribution in [2.75, 3.05) is 70.5 Å². The van der Waals surface area contributed by atoms with Crippen LogP contribution in [-0.4, -0.2) is 85.2 Å². The van der Waals surface area contributed by atoms with E-state index in [1.807, 2.05) is 4.68 Å². The van der Waals surface area contributed by atoms with Gasteiger partial charge in [0.2, 0.25) is 0 Å². The van der Waals surface area contributed by atoms with E-state index in [1.54, 1.807) is 12.1 Å². The highest BCUT2D eigenvalue weighted by Gasteiger charge is 2.22. The monoisotopic (exact) mass is 433 g/mol. The minimum Gasteiger partial charge on any atom is -0.379 e. The number of hydrogen-bond donors (Lipinski definition) is 0. The number of alkyl halides is 2. The van der Waals surface area contributed by atoms with Crippen LogP contribution in [0.15, 0.2) is 30.3 Å². The summed E-state index contributed by atoms with van der Waals surface area (Å²) in [6, 6.07) is 8.58. The van der Waals surface area contributed by atoms with Crippen molar-refractivity contribution in [3.8, 4) is 5.69 Å². The van der Waals surface area contributed by atoms with E-state index < -0.39 is 6.43 Å². The first-order valence-electron chi connectivity index (χ1n) is 11.3. The molecule has 0 saturated carbocycles. The number of ether oxygens (including phenoxy) is 1. The Labute approximate surface area is 183 Å². The fourth-order valence-corrected chi connectivity index (χ4v) is 4.22. The second-order valence-electron chi connectivity index (χ2n) is 8.67. The normalized spacial score (nSPS) is 19.0. The maximum Gasteiger partial charge on any atom is 0.263 e. The lowest BCUT2D eigenvalue weighted by molar-refractivity contribution is 0.0331. The van der Waals surface area contributed by atoms with Crippen LogP contribution in [-0.2, 0) is 4.74 Å². The molecule has 170 valence electrons. The molecule has 31 heavy (non-hydrogen) atoms. The lowest BCUT2D eigenvalue weighted by atomic mass is 10.1. The molecule has 1 aromatic carbocycles. The van der Waals surface area contributed by atoms with Crippen LogP contribution in [0.25, 0.3) is 5.69 Å². The summed E-state index contributed by atoms with van der Waals surface area (Å²) in [5.74, 6) is 1.25. The van der Waals surface area contributed by atoms with Crippen LogP contribution in [0.4, 0.5) is 14.6 Å². The minimum absolute atomic E-state index is 0.0374. The third-order valence-corrected chi connectivity index (χ3v) is 6.24. The third kappa shape index (κ3) is 5.42. The summed E-state index contributed by atoms with van der Waals surface area (Å²) in [6.45, 7) is 14.2. The van der Waals surface area contributed by atoms with Gasteiger partial charge in [-0.15, -0.1) is 0 Å². The van der Waals surface area contributed by atoms with Crippen LogP contribution in [0, 0.1) is 0 Å². The lowest BCUT2D eigenvalue weighted by Crippen LogP contribution is -2.49. The molecule has 6 nitrogen and oxygen atoms in total. The molecule has 0 aliphatic carbocycles. The Morgan fingerprint density at radius 3 is 2.10 bits per heavy atom. The Morgan fingerprint density at radius 2 is 1.52 bits per heavy atom. The number of hydrogen-bond acceptors (Lipinski definition) is 5. The molecule has 0 bridgehead atoms. The summed E-state index contributed by atoms with van der Waals surface area (Å²) in [5, 5.41) is 4.86. The van der Waals surface area contributed by atoms with Crippen molar-refractivity contribution in [2.24, 2.45) is 0 Å². The number of rotatable bonds is 7. The van der Waals surface area contributed by atoms with Crippen molar-refractivity contribution in [3.05, 3.63) is 41.6 Å². The van der Waals surface area contributed by atoms with Crippen molar-refractivity contribution >= 4 is 5.82 Å². The van der Waals surface area contributed by atoms with Crippen LogP contribution in [0.2, 0.25) is 0 Å². The van der Waals surface area contributed by atoms with Crippen LogP contribution < -0.4 is 4.90 Å². The maximum atomic E-state index is 12.9. The molecule has 2 aliphatic rings. The van der Waals surface area contributed by atoms with Gasteiger partial charge in [-0.3, -0.25) is 9.80 Å². The number of aromatic nitrogens is 2. The first-order valence-corrected chi connectivity index (χ1v) is 11.3. The van der Waals surface area contributed by atoms with E-state index in [2.05, 4.69) is 34.6 Å². The van der Waals surface area contributed by atoms with E-state index in [0.717, 1.165) is 82.8 Å². The van der Waals surface area contributed by atoms with Gasteiger partial charge in [-0.25, -0.2) is 13.5 Å². The second-order valence-corrected chi connectivity index (χ2v) is 8.67. The highest BCUT2D eigenvalue weighted by molar-refractivity contribution is 5.46. The molecule has 4 rings (SSSR count). The van der Waals surface area contributed by atoms with Gasteiger partial charge in [-0.2, -0.15) is 5.10 Å². The van der Waals surface area contributed by atoms with Gasteiger partial charge in [0.1, 0.15) is 0 Å². The molecular weight excluding hydrogens is 400 g/mol. The molecule has 0 amide bonds. The van der Waals surface area contributed by atoms with Gasteiger partial charge in [-0.05, 0) is 18.1 Å². The molecule has 1 aromatic heterocycles. The molecule has 0 N–H and O–H groups in total. The summed E-state index contributed by atoms with van der Waals surface area (Å²) in [4.78, 5) is 7.34. The molecular formula is C23H33F2N5O. The van der Waals surface area contributed by atoms with Crippen LogP contribution in [0.5, 0.6) is 0 Å². The van der Waals surface area contributed by atoms with Crippen LogP contribution in [0.3, 0.4) is 0 Å². The van der Waals surface area contributed by atoms with E-state index in [9.17, 15) is 8.78 Å². The largest absolute Gasteiger partial charge is 0.379 e. The predicted octanol–water partition coefficient (Wildman–Crippen LogP) is 3.39. The topological polar surface area (TPSA) is 36.8 Å². The van der Waals surface area contributed by atoms with Crippen molar-refractivity contribution in [3.63, 3.8) is 0 Å². The third-order valence-electron chi connectivity index (χ3n) is 6.24. The van der Waals surface area contributed by atoms with Gasteiger partial charge in [0.25, 0.3) is 6.43 Å². The highest BCUT2D eigenvalue weighted by Crippen LogP contribution is 2.27. The standard InChI is InChI=1S/C23H33F2N5O/c1-18(2)21-17-22(26-30(21)20-5-3-19(4-6-20)23(24)25)29-11-9-27(10-12-29)7-8-28-13-15-31-16-14-28/h3-6,17-18,23H,7-16H2,1-2H3. The first kappa shape index (κ1) is 22.2. The molecule has 8 heteroatoms. The summed E-state index contributed by atoms with van der Waals surface area (Å²) in [7, 11) is 0. The Kier molecular flexibility index (Phi) is 7.20. The number of morpholine rings is 1. The van der Waals surface area contributed by atoms with Crippen molar-refractivity contribution < 1.29 is 13.5 Å². The van der Waals surface area contributed by atoms with Gasteiger partial charge in [-0.1, -0.05) is 26.0 Å². The quantitative estimate of drug-likeness (QED) is 0.669. The van der Waals surface area contributed by atoms with Gasteiger partial charge in [0.05, 0.1) is 18.9 Å². The summed E-state index contributed by atoms with van der Waals surface area (Å²) >= 11 is 0. The van der Waals surface area contributed by atoms with Crippen molar-refractivity contribution in [2.45, 2.75) is 26.2 Å². The van der Waals surface area contributed by atoms with E-state index in [1.165, 1.54) is 12.1 Å². The summed E-state index contributed by atoms with van der Waals surface area (Å²) < 4.78 is 33.1. The van der Waals surface area contributed by atoms with Gasteiger partial charge >= 0.3 is 0 Å². The summed E-state index contributed by atoms with van der Waals surface area (Å²) in [5.41, 5.74) is 1.95. The maximum absolute atomic E-state index is 12.9. The Bertz CT molecular complexity index is 825. The molecule has 3 heterocycles. The fourth-order valence-electron chi connectivity index (χ4n) is 4.22. The molecule has 0 atom stereocenters. The smallest absolute Gasteiger partial charge is 0.263 e. The molecule has 0 spiro atoms. The Morgan fingerprint density at radius 1 is 0.903 bits per heavy atom. The van der Waals surface area contributed by atoms with Crippen molar-refractivity contribution in [1.29, 1.82) is 0 Å². The number of benzene rings is 1. The second kappa shape index (κ2) is 10.1. The van der Waals surface area contributed by atoms with E-state index in [4.69, 9.17) is 9.84 Å². The van der Waals surface area contributed by atoms with Gasteiger partial charge < -0.3 is 9.64 Å². The molecule has 0 radical (unpaired) electrons. The number of anilines is 1. The van der Waals surface area contributed by atoms with Crippen LogP contribution >= 0.6 is 0 Å². The molecule has 2 saturated heterocycles. The number of halogens is 2. The average molecular weight is 434 g/mol. The lowest BCUT2D eigenvalue weighted by Gasteiger charge is -2.36. The minimum atomic E-state index is -2.45.